The monoisotopic (exact) mass is 276 g/mol. The van der Waals surface area contributed by atoms with Crippen LogP contribution in [0.5, 0.6) is 0 Å². The van der Waals surface area contributed by atoms with E-state index in [0.29, 0.717) is 12.1 Å². The maximum Gasteiger partial charge on any atom is 0.0449 e. The standard InChI is InChI=1S/C18H32N2/c1-5-7-11-14-20(16(3)4)15-18(19-6-2)17-12-9-8-10-13-17/h8-10,12-13,16,18-19H,5-7,11,14-15H2,1-4H3. The molecule has 1 N–H and O–H groups in total. The molecule has 0 saturated heterocycles. The van der Waals surface area contributed by atoms with Crippen LogP contribution >= 0.6 is 0 Å². The Bertz CT molecular complexity index is 335. The van der Waals surface area contributed by atoms with Gasteiger partial charge >= 0.3 is 0 Å². The largest absolute Gasteiger partial charge is 0.309 e. The molecule has 0 aliphatic heterocycles. The molecule has 0 spiro atoms. The number of rotatable bonds is 10. The second-order valence-electron chi connectivity index (χ2n) is 5.82. The first-order valence-electron chi connectivity index (χ1n) is 8.21. The fourth-order valence-corrected chi connectivity index (χ4v) is 2.58. The quantitative estimate of drug-likeness (QED) is 0.643. The van der Waals surface area contributed by atoms with Crippen molar-refractivity contribution in [2.24, 2.45) is 0 Å². The van der Waals surface area contributed by atoms with Gasteiger partial charge in [0.05, 0.1) is 0 Å². The number of benzene rings is 1. The second-order valence-corrected chi connectivity index (χ2v) is 5.82. The molecule has 0 fully saturated rings. The smallest absolute Gasteiger partial charge is 0.0449 e. The van der Waals surface area contributed by atoms with Crippen LogP contribution in [0.1, 0.15) is 58.6 Å². The zero-order valence-corrected chi connectivity index (χ0v) is 13.7. The van der Waals surface area contributed by atoms with Crippen molar-refractivity contribution in [1.82, 2.24) is 10.2 Å². The normalized spacial score (nSPS) is 13.1. The Balaban J connectivity index is 2.65. The molecule has 0 radical (unpaired) electrons. The molecule has 1 aromatic carbocycles. The summed E-state index contributed by atoms with van der Waals surface area (Å²) in [6.45, 7) is 12.4. The summed E-state index contributed by atoms with van der Waals surface area (Å²) in [5, 5.41) is 3.63. The van der Waals surface area contributed by atoms with Crippen LogP contribution in [0.25, 0.3) is 0 Å². The van der Waals surface area contributed by atoms with Crippen molar-refractivity contribution in [3.05, 3.63) is 35.9 Å². The molecule has 0 aliphatic rings. The number of nitrogens with zero attached hydrogens (tertiary/aromatic N) is 1. The zero-order valence-electron chi connectivity index (χ0n) is 13.7. The minimum atomic E-state index is 0.435. The molecule has 20 heavy (non-hydrogen) atoms. The van der Waals surface area contributed by atoms with Gasteiger partial charge in [-0.25, -0.2) is 0 Å². The molecule has 1 atom stereocenters. The summed E-state index contributed by atoms with van der Waals surface area (Å²) in [5.41, 5.74) is 1.40. The first-order chi connectivity index (χ1) is 9.69. The van der Waals surface area contributed by atoms with Gasteiger partial charge in [-0.2, -0.15) is 0 Å². The van der Waals surface area contributed by atoms with Crippen molar-refractivity contribution in [3.8, 4) is 0 Å². The van der Waals surface area contributed by atoms with Crippen molar-refractivity contribution in [2.45, 2.75) is 59.0 Å². The van der Waals surface area contributed by atoms with Gasteiger partial charge in [-0.15, -0.1) is 0 Å². The van der Waals surface area contributed by atoms with E-state index in [0.717, 1.165) is 13.1 Å². The van der Waals surface area contributed by atoms with Crippen molar-refractivity contribution < 1.29 is 0 Å². The summed E-state index contributed by atoms with van der Waals surface area (Å²) >= 11 is 0. The van der Waals surface area contributed by atoms with E-state index in [1.165, 1.54) is 31.4 Å². The first-order valence-corrected chi connectivity index (χ1v) is 8.21. The van der Waals surface area contributed by atoms with Crippen molar-refractivity contribution in [2.75, 3.05) is 19.6 Å². The van der Waals surface area contributed by atoms with E-state index >= 15 is 0 Å². The Morgan fingerprint density at radius 3 is 2.30 bits per heavy atom. The molecule has 0 saturated carbocycles. The van der Waals surface area contributed by atoms with Gasteiger partial charge in [0, 0.05) is 18.6 Å². The lowest BCUT2D eigenvalue weighted by molar-refractivity contribution is 0.194. The summed E-state index contributed by atoms with van der Waals surface area (Å²) in [5.74, 6) is 0. The maximum atomic E-state index is 3.63. The van der Waals surface area contributed by atoms with Crippen molar-refractivity contribution in [1.29, 1.82) is 0 Å². The molecule has 1 rings (SSSR count). The average molecular weight is 276 g/mol. The van der Waals surface area contributed by atoms with Gasteiger partial charge in [0.2, 0.25) is 0 Å². The molecule has 0 heterocycles. The molecule has 0 bridgehead atoms. The lowest BCUT2D eigenvalue weighted by Crippen LogP contribution is -2.39. The van der Waals surface area contributed by atoms with E-state index in [2.05, 4.69) is 68.2 Å². The summed E-state index contributed by atoms with van der Waals surface area (Å²) in [7, 11) is 0. The van der Waals surface area contributed by atoms with Gasteiger partial charge in [-0.3, -0.25) is 4.90 Å². The highest BCUT2D eigenvalue weighted by atomic mass is 15.2. The SMILES string of the molecule is CCCCCN(CC(NCC)c1ccccc1)C(C)C. The third-order valence-corrected chi connectivity index (χ3v) is 3.85. The predicted octanol–water partition coefficient (Wildman–Crippen LogP) is 4.24. The van der Waals surface area contributed by atoms with Crippen molar-refractivity contribution in [3.63, 3.8) is 0 Å². The van der Waals surface area contributed by atoms with Crippen LogP contribution < -0.4 is 5.32 Å². The van der Waals surface area contributed by atoms with E-state index in [4.69, 9.17) is 0 Å². The number of nitrogens with one attached hydrogen (secondary N) is 1. The van der Waals surface area contributed by atoms with E-state index in [1.54, 1.807) is 0 Å². The molecule has 2 nitrogen and oxygen atoms in total. The van der Waals surface area contributed by atoms with Crippen LogP contribution in [0.3, 0.4) is 0 Å². The molecular weight excluding hydrogens is 244 g/mol. The minimum Gasteiger partial charge on any atom is -0.309 e. The third kappa shape index (κ3) is 6.06. The van der Waals surface area contributed by atoms with Gasteiger partial charge in [0.1, 0.15) is 0 Å². The minimum absolute atomic E-state index is 0.435. The summed E-state index contributed by atoms with van der Waals surface area (Å²) in [6.07, 6.45) is 3.93. The van der Waals surface area contributed by atoms with Crippen LogP contribution in [0, 0.1) is 0 Å². The maximum absolute atomic E-state index is 3.63. The molecule has 0 aliphatic carbocycles. The van der Waals surface area contributed by atoms with Crippen LogP contribution in [-0.2, 0) is 0 Å². The molecule has 114 valence electrons. The predicted molar refractivity (Wildman–Crippen MR) is 89.1 cm³/mol. The highest BCUT2D eigenvalue weighted by molar-refractivity contribution is 5.19. The summed E-state index contributed by atoms with van der Waals surface area (Å²) in [6, 6.07) is 11.9. The fourth-order valence-electron chi connectivity index (χ4n) is 2.58. The highest BCUT2D eigenvalue weighted by Gasteiger charge is 2.17. The van der Waals surface area contributed by atoms with Crippen LogP contribution in [0.2, 0.25) is 0 Å². The van der Waals surface area contributed by atoms with Crippen LogP contribution in [-0.4, -0.2) is 30.6 Å². The van der Waals surface area contributed by atoms with Crippen LogP contribution in [0.4, 0.5) is 0 Å². The summed E-state index contributed by atoms with van der Waals surface area (Å²) < 4.78 is 0. The van der Waals surface area contributed by atoms with Gasteiger partial charge < -0.3 is 5.32 Å². The van der Waals surface area contributed by atoms with Crippen molar-refractivity contribution >= 4 is 0 Å². The Morgan fingerprint density at radius 2 is 1.75 bits per heavy atom. The zero-order chi connectivity index (χ0) is 14.8. The number of hydrogen-bond donors (Lipinski definition) is 1. The lowest BCUT2D eigenvalue weighted by Gasteiger charge is -2.31. The fraction of sp³-hybridized carbons (Fsp3) is 0.667. The van der Waals surface area contributed by atoms with Gasteiger partial charge in [0.25, 0.3) is 0 Å². The van der Waals surface area contributed by atoms with E-state index in [9.17, 15) is 0 Å². The number of hydrogen-bond acceptors (Lipinski definition) is 2. The topological polar surface area (TPSA) is 15.3 Å². The third-order valence-electron chi connectivity index (χ3n) is 3.85. The molecule has 2 heteroatoms. The highest BCUT2D eigenvalue weighted by Crippen LogP contribution is 2.16. The molecule has 1 unspecified atom stereocenters. The Hall–Kier alpha value is -0.860. The average Bonchev–Trinajstić information content (AvgIpc) is 2.46. The molecule has 0 aromatic heterocycles. The number of likely N-dealkylation sites (N-methyl/N-ethyl adjacent to an activating group) is 1. The summed E-state index contributed by atoms with van der Waals surface area (Å²) in [4.78, 5) is 2.61. The molecule has 1 aromatic rings. The van der Waals surface area contributed by atoms with Gasteiger partial charge in [-0.1, -0.05) is 57.0 Å². The lowest BCUT2D eigenvalue weighted by atomic mass is 10.1. The van der Waals surface area contributed by atoms with Crippen LogP contribution in [0.15, 0.2) is 30.3 Å². The van der Waals surface area contributed by atoms with E-state index in [-0.39, 0.29) is 0 Å². The Labute approximate surface area is 125 Å². The van der Waals surface area contributed by atoms with E-state index < -0.39 is 0 Å². The first kappa shape index (κ1) is 17.2. The Kier molecular flexibility index (Phi) is 8.56. The number of unbranched alkanes of at least 4 members (excludes halogenated alkanes) is 2. The Morgan fingerprint density at radius 1 is 1.05 bits per heavy atom. The molecular formula is C18H32N2. The van der Waals surface area contributed by atoms with Gasteiger partial charge in [0.15, 0.2) is 0 Å². The molecule has 0 amide bonds. The van der Waals surface area contributed by atoms with E-state index in [1.807, 2.05) is 0 Å². The second kappa shape index (κ2) is 9.95. The van der Waals surface area contributed by atoms with Gasteiger partial charge in [-0.05, 0) is 38.9 Å².